The van der Waals surface area contributed by atoms with Crippen molar-refractivity contribution in [3.63, 3.8) is 0 Å². The van der Waals surface area contributed by atoms with Gasteiger partial charge in [-0.25, -0.2) is 14.4 Å². The van der Waals surface area contributed by atoms with Crippen LogP contribution in [0.1, 0.15) is 248 Å². The monoisotopic (exact) mass is 1840 g/mol. The summed E-state index contributed by atoms with van der Waals surface area (Å²) in [5, 5.41) is 33.0. The van der Waals surface area contributed by atoms with Gasteiger partial charge >= 0.3 is 30.0 Å². The van der Waals surface area contributed by atoms with Crippen LogP contribution < -0.4 is 16.0 Å². The molecule has 6 aromatic rings. The number of hydrogen-bond acceptors (Lipinski definition) is 19. The Labute approximate surface area is 776 Å². The molecule has 0 bridgehead atoms. The first kappa shape index (κ1) is 98.3. The fourth-order valence-corrected chi connectivity index (χ4v) is 20.3. The van der Waals surface area contributed by atoms with Gasteiger partial charge in [0.05, 0.1) is 51.8 Å². The molecule has 16 rings (SSSR count). The normalized spacial score (nSPS) is 20.6. The van der Waals surface area contributed by atoms with Crippen LogP contribution in [0, 0.1) is 73.1 Å². The van der Waals surface area contributed by atoms with Crippen molar-refractivity contribution >= 4 is 122 Å². The van der Waals surface area contributed by atoms with E-state index in [0.29, 0.717) is 169 Å². The summed E-state index contributed by atoms with van der Waals surface area (Å²) in [4.78, 5) is 102. The number of nitrogens with one attached hydrogen (secondary N) is 3. The average Bonchev–Trinajstić information content (AvgIpc) is 1.62. The Morgan fingerprint density at radius 3 is 1.45 bits per heavy atom. The minimum atomic E-state index is -0.882. The molecule has 5 spiro atoms. The highest BCUT2D eigenvalue weighted by atomic mass is 35.5. The minimum Gasteiger partial charge on any atom is -0.509 e. The number of hydrogen-bond donors (Lipinski definition) is 5. The van der Waals surface area contributed by atoms with Gasteiger partial charge in [-0.2, -0.15) is 0 Å². The topological polar surface area (TPSA) is 296 Å². The summed E-state index contributed by atoms with van der Waals surface area (Å²) < 4.78 is 50.3. The number of ether oxygens (including phenoxy) is 9. The largest absolute Gasteiger partial charge is 0.513 e. The molecular formula is C103H121Cl4N3O19. The van der Waals surface area contributed by atoms with E-state index < -0.39 is 45.4 Å². The molecule has 0 atom stereocenters. The Balaban J connectivity index is 0.000000146. The molecular weight excluding hydrogens is 1720 g/mol. The quantitative estimate of drug-likeness (QED) is 0.0500. The number of rotatable bonds is 14. The number of esters is 4. The predicted octanol–water partition coefficient (Wildman–Crippen LogP) is 22.2. The smallest absolute Gasteiger partial charge is 0.509 e. The zero-order valence-electron chi connectivity index (χ0n) is 77.1. The van der Waals surface area contributed by atoms with E-state index in [4.69, 9.17) is 89.0 Å². The fourth-order valence-electron chi connectivity index (χ4n) is 19.3. The first-order chi connectivity index (χ1) is 61.0. The average molecular weight is 1850 g/mol. The van der Waals surface area contributed by atoms with E-state index in [0.717, 1.165) is 128 Å². The Bertz CT molecular complexity index is 5510. The molecule has 7 aliphatic heterocycles. The minimum absolute atomic E-state index is 0.143. The van der Waals surface area contributed by atoms with Crippen molar-refractivity contribution in [1.82, 2.24) is 16.0 Å². The second-order valence-electron chi connectivity index (χ2n) is 37.6. The summed E-state index contributed by atoms with van der Waals surface area (Å²) in [5.74, 6) is -0.766. The van der Waals surface area contributed by atoms with Crippen LogP contribution in [0.2, 0.25) is 20.1 Å². The Morgan fingerprint density at radius 2 is 0.930 bits per heavy atom. The summed E-state index contributed by atoms with van der Waals surface area (Å²) in [6.45, 7) is 33.4. The molecule has 0 aromatic heterocycles. The van der Waals surface area contributed by atoms with Crippen LogP contribution in [-0.4, -0.2) is 132 Å². The molecule has 3 aliphatic carbocycles. The Morgan fingerprint density at radius 1 is 0.457 bits per heavy atom. The molecule has 22 nitrogen and oxygen atoms in total. The van der Waals surface area contributed by atoms with Gasteiger partial charge in [0, 0.05) is 79.9 Å². The zero-order chi connectivity index (χ0) is 93.8. The van der Waals surface area contributed by atoms with Crippen molar-refractivity contribution in [3.05, 3.63) is 224 Å². The van der Waals surface area contributed by atoms with E-state index in [1.807, 2.05) is 171 Å². The lowest BCUT2D eigenvalue weighted by Gasteiger charge is -2.37. The Hall–Kier alpha value is -9.78. The van der Waals surface area contributed by atoms with Gasteiger partial charge in [0.15, 0.2) is 22.7 Å². The number of aliphatic hydroxyl groups is 2. The van der Waals surface area contributed by atoms with Crippen LogP contribution in [0.3, 0.4) is 0 Å². The van der Waals surface area contributed by atoms with E-state index in [1.165, 1.54) is 0 Å². The van der Waals surface area contributed by atoms with Crippen molar-refractivity contribution < 1.29 is 91.2 Å². The summed E-state index contributed by atoms with van der Waals surface area (Å²) in [7, 11) is 1.70. The predicted molar refractivity (Wildman–Crippen MR) is 500 cm³/mol. The number of carbonyl (C=O) groups excluding carboxylic acids is 8. The van der Waals surface area contributed by atoms with Crippen molar-refractivity contribution in [1.29, 1.82) is 0 Å². The molecule has 7 heterocycles. The third-order valence-electron chi connectivity index (χ3n) is 26.5. The number of aryl methyl sites for hydroxylation is 8. The van der Waals surface area contributed by atoms with E-state index in [9.17, 15) is 48.6 Å². The van der Waals surface area contributed by atoms with Crippen LogP contribution in [0.5, 0.6) is 0 Å². The van der Waals surface area contributed by atoms with Crippen LogP contribution in [0.25, 0.3) is 39.0 Å². The second-order valence-corrected chi connectivity index (χ2v) is 39.3. The lowest BCUT2D eigenvalue weighted by atomic mass is 9.79. The molecule has 2 saturated heterocycles. The molecule has 5 fully saturated rings. The molecule has 6 aromatic carbocycles. The number of carbonyl (C=O) groups is 8. The standard InChI is InChI=1S/C23H30O4.C22H22ClNO3.C21H24Cl2O4.C21H27NO5.C16H18ClNO3/c1-14-11-15(2)18(16(3)12-14)19-20(26-17(24)13-22(4,5)6)23(27-21(19)25)9-7-8-10-23;1-13-3-8-17(15-4-6-16(23)7-5-15)14(2)18(13)19-20(25)22(24-21(19)26)9-11-27-12-10-22;1-4-20(2,3)19(25)26-17-16(14-9-8-13(22)12-15(14)23)18(24)27-21(17)10-6-5-7-11-21;1-5-26-20(24)27-18-17(16-12-13(2)6-7-14(16)3)19(23)22-21(18)10-8-15(25-4)9-11-21;1-9-7-11(17)8-10(2)12(9)13-14(19)16(18-15(13)20)3-5-21-6-4-16/h11-12H,7-10,13H2,1-6H3;3-8,25H,9-12H2,1-2H3,(H,24,26);8-9,12H,4-7,10-11H2,1-3H3;6-7,12,15H,5,8-11H2,1-4H3,(H,22,23);7-8,19H,3-6H2,1-2H3,(H,18,20). The van der Waals surface area contributed by atoms with Gasteiger partial charge in [0.2, 0.25) is 0 Å². The van der Waals surface area contributed by atoms with Crippen LogP contribution in [0.4, 0.5) is 4.79 Å². The van der Waals surface area contributed by atoms with Gasteiger partial charge < -0.3 is 68.8 Å². The molecule has 129 heavy (non-hydrogen) atoms. The Kier molecular flexibility index (Phi) is 30.6. The number of methoxy groups -OCH3 is 1. The summed E-state index contributed by atoms with van der Waals surface area (Å²) in [6.07, 6.45) is 13.1. The van der Waals surface area contributed by atoms with E-state index in [-0.39, 0.29) is 70.8 Å². The summed E-state index contributed by atoms with van der Waals surface area (Å²) >= 11 is 24.4. The first-order valence-corrected chi connectivity index (χ1v) is 46.3. The van der Waals surface area contributed by atoms with Crippen molar-refractivity contribution in [2.75, 3.05) is 40.1 Å². The van der Waals surface area contributed by atoms with Crippen molar-refractivity contribution in [3.8, 4) is 11.1 Å². The maximum atomic E-state index is 13.0. The van der Waals surface area contributed by atoms with E-state index >= 15 is 0 Å². The molecule has 0 unspecified atom stereocenters. The van der Waals surface area contributed by atoms with Crippen molar-refractivity contribution in [2.45, 2.75) is 267 Å². The fraction of sp³-hybridized carbons (Fsp3) is 0.476. The highest BCUT2D eigenvalue weighted by Gasteiger charge is 2.56. The van der Waals surface area contributed by atoms with Crippen LogP contribution in [0.15, 0.2) is 126 Å². The number of halogens is 4. The summed E-state index contributed by atoms with van der Waals surface area (Å²) in [5.41, 5.74) is 11.9. The lowest BCUT2D eigenvalue weighted by molar-refractivity contribution is -0.160. The number of aliphatic hydroxyl groups excluding tert-OH is 2. The van der Waals surface area contributed by atoms with E-state index in [2.05, 4.69) is 28.1 Å². The van der Waals surface area contributed by atoms with Gasteiger partial charge in [-0.05, 0) is 281 Å². The third kappa shape index (κ3) is 20.9. The lowest BCUT2D eigenvalue weighted by Crippen LogP contribution is -2.49. The highest BCUT2D eigenvalue weighted by Crippen LogP contribution is 2.53. The molecule has 0 radical (unpaired) electrons. The van der Waals surface area contributed by atoms with Gasteiger partial charge in [0.1, 0.15) is 39.5 Å². The molecule has 3 saturated carbocycles. The molecule has 5 N–H and O–H groups in total. The zero-order valence-corrected chi connectivity index (χ0v) is 80.2. The van der Waals surface area contributed by atoms with Gasteiger partial charge in [0.25, 0.3) is 17.7 Å². The highest BCUT2D eigenvalue weighted by molar-refractivity contribution is 6.38. The van der Waals surface area contributed by atoms with Crippen LogP contribution in [-0.2, 0) is 76.2 Å². The van der Waals surface area contributed by atoms with Crippen molar-refractivity contribution in [2.24, 2.45) is 10.8 Å². The maximum Gasteiger partial charge on any atom is 0.513 e. The van der Waals surface area contributed by atoms with Gasteiger partial charge in [-0.3, -0.25) is 24.0 Å². The van der Waals surface area contributed by atoms with Crippen LogP contribution >= 0.6 is 46.4 Å². The SMILES string of the molecule is CCC(C)(C)C(=O)OC1=C(c2ccc(Cl)cc2Cl)C(=O)OC12CCCCC2.CCOC(=O)OC1=C(c2cc(C)ccc2C)C(=O)NC12CCC(OC)CC2.Cc1cc(C)c(C2=C(OC(=O)CC(C)(C)C)C3(CCCC3)OC2=O)c(C)c1.Cc1cc(Cl)cc(C)c1C1=C(O)C2(CCOCC2)NC1=O.Cc1ccc(-c2ccc(Cl)cc2)c(C)c1C1=C(O)C2(CCOCC2)NC1=O. The van der Waals surface area contributed by atoms with Gasteiger partial charge in [-0.1, -0.05) is 152 Å². The number of amides is 3. The third-order valence-corrected chi connectivity index (χ3v) is 27.5. The molecule has 10 aliphatic rings. The molecule has 690 valence electrons. The molecule has 3 amide bonds. The first-order valence-electron chi connectivity index (χ1n) is 44.8. The molecule has 26 heteroatoms. The second kappa shape index (κ2) is 40.1. The summed E-state index contributed by atoms with van der Waals surface area (Å²) in [6, 6.07) is 30.2. The van der Waals surface area contributed by atoms with E-state index in [1.54, 1.807) is 32.2 Å². The number of benzene rings is 6. The van der Waals surface area contributed by atoms with Gasteiger partial charge in [-0.15, -0.1) is 0 Å². The maximum absolute atomic E-state index is 13.0.